The van der Waals surface area contributed by atoms with Gasteiger partial charge in [0.25, 0.3) is 0 Å². The molecule has 0 aliphatic carbocycles. The SMILES string of the molecule is NS(=O)(=O)CC[C@H](O)c1ccccc1Cl. The molecule has 0 aliphatic rings. The van der Waals surface area contributed by atoms with Crippen molar-refractivity contribution in [3.05, 3.63) is 34.9 Å². The van der Waals surface area contributed by atoms with Crippen LogP contribution in [0.3, 0.4) is 0 Å². The van der Waals surface area contributed by atoms with Crippen LogP contribution in [0, 0.1) is 0 Å². The topological polar surface area (TPSA) is 80.4 Å². The van der Waals surface area contributed by atoms with Gasteiger partial charge in [-0.05, 0) is 18.1 Å². The summed E-state index contributed by atoms with van der Waals surface area (Å²) in [5, 5.41) is 14.9. The minimum atomic E-state index is -3.54. The van der Waals surface area contributed by atoms with Gasteiger partial charge in [-0.3, -0.25) is 0 Å². The first-order valence-electron chi connectivity index (χ1n) is 4.33. The monoisotopic (exact) mass is 249 g/mol. The molecule has 4 nitrogen and oxygen atoms in total. The molecular formula is C9H12ClNO3S. The number of primary sulfonamides is 1. The zero-order valence-corrected chi connectivity index (χ0v) is 9.50. The summed E-state index contributed by atoms with van der Waals surface area (Å²) < 4.78 is 21.4. The van der Waals surface area contributed by atoms with Gasteiger partial charge in [-0.25, -0.2) is 13.6 Å². The molecule has 0 bridgehead atoms. The average Bonchev–Trinajstić information content (AvgIpc) is 2.14. The summed E-state index contributed by atoms with van der Waals surface area (Å²) in [6, 6.07) is 6.74. The Morgan fingerprint density at radius 3 is 2.53 bits per heavy atom. The van der Waals surface area contributed by atoms with E-state index < -0.39 is 16.1 Å². The van der Waals surface area contributed by atoms with Crippen molar-refractivity contribution in [1.29, 1.82) is 0 Å². The van der Waals surface area contributed by atoms with E-state index in [0.29, 0.717) is 10.6 Å². The van der Waals surface area contributed by atoms with E-state index in [4.69, 9.17) is 16.7 Å². The Bertz CT molecular complexity index is 433. The average molecular weight is 250 g/mol. The molecule has 84 valence electrons. The molecule has 1 aromatic rings. The van der Waals surface area contributed by atoms with Gasteiger partial charge in [0.15, 0.2) is 0 Å². The summed E-state index contributed by atoms with van der Waals surface area (Å²) in [5.74, 6) is -0.264. The third kappa shape index (κ3) is 4.17. The van der Waals surface area contributed by atoms with Crippen molar-refractivity contribution in [3.63, 3.8) is 0 Å². The zero-order valence-electron chi connectivity index (χ0n) is 7.93. The number of benzene rings is 1. The van der Waals surface area contributed by atoms with Crippen LogP contribution in [0.15, 0.2) is 24.3 Å². The van der Waals surface area contributed by atoms with Crippen molar-refractivity contribution in [2.24, 2.45) is 5.14 Å². The quantitative estimate of drug-likeness (QED) is 0.837. The van der Waals surface area contributed by atoms with E-state index >= 15 is 0 Å². The molecule has 1 rings (SSSR count). The Balaban J connectivity index is 2.70. The third-order valence-electron chi connectivity index (χ3n) is 1.94. The molecule has 6 heteroatoms. The van der Waals surface area contributed by atoms with E-state index in [2.05, 4.69) is 0 Å². The Morgan fingerprint density at radius 1 is 1.40 bits per heavy atom. The molecule has 0 aromatic heterocycles. The molecule has 0 heterocycles. The van der Waals surface area contributed by atoms with Crippen LogP contribution < -0.4 is 5.14 Å². The highest BCUT2D eigenvalue weighted by Gasteiger charge is 2.13. The minimum absolute atomic E-state index is 0.0442. The van der Waals surface area contributed by atoms with Crippen molar-refractivity contribution >= 4 is 21.6 Å². The van der Waals surface area contributed by atoms with Crippen molar-refractivity contribution in [1.82, 2.24) is 0 Å². The van der Waals surface area contributed by atoms with Crippen LogP contribution in [-0.4, -0.2) is 19.3 Å². The Labute approximate surface area is 93.7 Å². The highest BCUT2D eigenvalue weighted by molar-refractivity contribution is 7.89. The van der Waals surface area contributed by atoms with Gasteiger partial charge in [0.1, 0.15) is 0 Å². The maximum atomic E-state index is 10.7. The Hall–Kier alpha value is -0.620. The lowest BCUT2D eigenvalue weighted by molar-refractivity contribution is 0.174. The van der Waals surface area contributed by atoms with Gasteiger partial charge in [-0.1, -0.05) is 29.8 Å². The second-order valence-corrected chi connectivity index (χ2v) is 5.33. The van der Waals surface area contributed by atoms with Crippen LogP contribution in [0.2, 0.25) is 5.02 Å². The van der Waals surface area contributed by atoms with Crippen molar-refractivity contribution in [2.45, 2.75) is 12.5 Å². The lowest BCUT2D eigenvalue weighted by atomic mass is 10.1. The molecule has 1 atom stereocenters. The molecule has 15 heavy (non-hydrogen) atoms. The first-order valence-corrected chi connectivity index (χ1v) is 6.42. The summed E-state index contributed by atoms with van der Waals surface area (Å²) in [6.07, 6.45) is -0.861. The summed E-state index contributed by atoms with van der Waals surface area (Å²) in [4.78, 5) is 0. The Morgan fingerprint density at radius 2 is 2.00 bits per heavy atom. The fraction of sp³-hybridized carbons (Fsp3) is 0.333. The van der Waals surface area contributed by atoms with Crippen molar-refractivity contribution in [2.75, 3.05) is 5.75 Å². The number of aliphatic hydroxyl groups is 1. The van der Waals surface area contributed by atoms with Gasteiger partial charge in [0.05, 0.1) is 11.9 Å². The van der Waals surface area contributed by atoms with Gasteiger partial charge in [-0.2, -0.15) is 0 Å². The molecule has 0 unspecified atom stereocenters. The lowest BCUT2D eigenvalue weighted by Crippen LogP contribution is -2.18. The second-order valence-electron chi connectivity index (χ2n) is 3.19. The van der Waals surface area contributed by atoms with E-state index in [0.717, 1.165) is 0 Å². The van der Waals surface area contributed by atoms with Crippen LogP contribution in [0.5, 0.6) is 0 Å². The molecule has 3 N–H and O–H groups in total. The number of aliphatic hydroxyl groups excluding tert-OH is 1. The maximum Gasteiger partial charge on any atom is 0.209 e. The summed E-state index contributed by atoms with van der Waals surface area (Å²) in [6.45, 7) is 0. The largest absolute Gasteiger partial charge is 0.388 e. The van der Waals surface area contributed by atoms with E-state index in [1.807, 2.05) is 0 Å². The third-order valence-corrected chi connectivity index (χ3v) is 3.09. The molecule has 0 radical (unpaired) electrons. The fourth-order valence-corrected chi connectivity index (χ4v) is 1.99. The molecular weight excluding hydrogens is 238 g/mol. The predicted molar refractivity (Wildman–Crippen MR) is 59.0 cm³/mol. The first-order chi connectivity index (χ1) is 6.90. The Kier molecular flexibility index (Phi) is 4.10. The summed E-state index contributed by atoms with van der Waals surface area (Å²) in [5.41, 5.74) is 0.516. The molecule has 1 aromatic carbocycles. The maximum absolute atomic E-state index is 10.7. The van der Waals surface area contributed by atoms with Crippen LogP contribution in [0.4, 0.5) is 0 Å². The summed E-state index contributed by atoms with van der Waals surface area (Å²) >= 11 is 5.83. The highest BCUT2D eigenvalue weighted by atomic mass is 35.5. The van der Waals surface area contributed by atoms with E-state index in [9.17, 15) is 13.5 Å². The fourth-order valence-electron chi connectivity index (χ4n) is 1.18. The first kappa shape index (κ1) is 12.4. The van der Waals surface area contributed by atoms with Crippen LogP contribution in [0.1, 0.15) is 18.1 Å². The molecule has 0 saturated carbocycles. The van der Waals surface area contributed by atoms with Crippen LogP contribution in [-0.2, 0) is 10.0 Å². The number of nitrogens with two attached hydrogens (primary N) is 1. The number of hydrogen-bond donors (Lipinski definition) is 2. The minimum Gasteiger partial charge on any atom is -0.388 e. The number of halogens is 1. The second kappa shape index (κ2) is 4.94. The van der Waals surface area contributed by atoms with Crippen molar-refractivity contribution in [3.8, 4) is 0 Å². The number of hydrogen-bond acceptors (Lipinski definition) is 3. The lowest BCUT2D eigenvalue weighted by Gasteiger charge is -2.11. The normalized spacial score (nSPS) is 13.8. The van der Waals surface area contributed by atoms with Crippen molar-refractivity contribution < 1.29 is 13.5 Å². The molecule has 0 amide bonds. The van der Waals surface area contributed by atoms with Gasteiger partial charge in [-0.15, -0.1) is 0 Å². The summed E-state index contributed by atoms with van der Waals surface area (Å²) in [7, 11) is -3.54. The number of rotatable bonds is 4. The molecule has 0 aliphatic heterocycles. The molecule has 0 fully saturated rings. The van der Waals surface area contributed by atoms with E-state index in [1.54, 1.807) is 24.3 Å². The predicted octanol–water partition coefficient (Wildman–Crippen LogP) is 1.05. The molecule has 0 saturated heterocycles. The standard InChI is InChI=1S/C9H12ClNO3S/c10-8-4-2-1-3-7(8)9(12)5-6-15(11,13)14/h1-4,9,12H,5-6H2,(H2,11,13,14)/t9-/m0/s1. The highest BCUT2D eigenvalue weighted by Crippen LogP contribution is 2.24. The van der Waals surface area contributed by atoms with E-state index in [1.165, 1.54) is 0 Å². The van der Waals surface area contributed by atoms with Crippen LogP contribution in [0.25, 0.3) is 0 Å². The van der Waals surface area contributed by atoms with Crippen LogP contribution >= 0.6 is 11.6 Å². The van der Waals surface area contributed by atoms with Gasteiger partial charge in [0.2, 0.25) is 10.0 Å². The van der Waals surface area contributed by atoms with Gasteiger partial charge >= 0.3 is 0 Å². The molecule has 0 spiro atoms. The number of sulfonamides is 1. The van der Waals surface area contributed by atoms with Gasteiger partial charge < -0.3 is 5.11 Å². The van der Waals surface area contributed by atoms with Gasteiger partial charge in [0, 0.05) is 5.02 Å². The van der Waals surface area contributed by atoms with E-state index in [-0.39, 0.29) is 12.2 Å². The smallest absolute Gasteiger partial charge is 0.209 e. The zero-order chi connectivity index (χ0) is 11.5.